The van der Waals surface area contributed by atoms with Gasteiger partial charge in [0.15, 0.2) is 0 Å². The van der Waals surface area contributed by atoms with Crippen molar-refractivity contribution in [3.05, 3.63) is 34.3 Å². The van der Waals surface area contributed by atoms with Crippen LogP contribution in [0.3, 0.4) is 0 Å². The molecule has 0 aliphatic rings. The third kappa shape index (κ3) is 4.14. The summed E-state index contributed by atoms with van der Waals surface area (Å²) in [6, 6.07) is 7.24. The van der Waals surface area contributed by atoms with Crippen LogP contribution in [-0.4, -0.2) is 17.8 Å². The number of hydrogen-bond acceptors (Lipinski definition) is 1. The zero-order chi connectivity index (χ0) is 12.1. The number of amides is 1. The zero-order valence-electron chi connectivity index (χ0n) is 9.34. The summed E-state index contributed by atoms with van der Waals surface area (Å²) >= 11 is 9.37. The van der Waals surface area contributed by atoms with E-state index in [1.807, 2.05) is 26.0 Å². The number of nitrogens with one attached hydrogen (secondary N) is 1. The van der Waals surface area contributed by atoms with Crippen LogP contribution in [0.4, 0.5) is 0 Å². The van der Waals surface area contributed by atoms with E-state index in [0.29, 0.717) is 18.0 Å². The first kappa shape index (κ1) is 13.5. The van der Waals surface area contributed by atoms with Crippen molar-refractivity contribution in [2.45, 2.75) is 19.2 Å². The van der Waals surface area contributed by atoms with Gasteiger partial charge in [-0.05, 0) is 30.2 Å². The van der Waals surface area contributed by atoms with E-state index in [1.54, 1.807) is 12.1 Å². The molecular formula is C12H15BrClNO. The summed E-state index contributed by atoms with van der Waals surface area (Å²) in [7, 11) is 0. The van der Waals surface area contributed by atoms with Gasteiger partial charge in [0.1, 0.15) is 0 Å². The Morgan fingerprint density at radius 1 is 1.38 bits per heavy atom. The molecule has 1 atom stereocenters. The molecule has 1 aromatic rings. The molecule has 0 saturated carbocycles. The average molecular weight is 305 g/mol. The third-order valence-electron chi connectivity index (χ3n) is 2.29. The standard InChI is InChI=1S/C12H15BrClNO/c1-8(2)11(14)7-15-12(16)9-3-5-10(13)6-4-9/h3-6,8,11H,7H2,1-2H3,(H,15,16). The minimum atomic E-state index is -0.0844. The van der Waals surface area contributed by atoms with Gasteiger partial charge in [-0.2, -0.15) is 0 Å². The molecule has 0 aliphatic heterocycles. The van der Waals surface area contributed by atoms with Gasteiger partial charge in [-0.3, -0.25) is 4.79 Å². The van der Waals surface area contributed by atoms with Gasteiger partial charge >= 0.3 is 0 Å². The fourth-order valence-electron chi connectivity index (χ4n) is 1.13. The van der Waals surface area contributed by atoms with Crippen LogP contribution in [-0.2, 0) is 0 Å². The summed E-state index contributed by atoms with van der Waals surface area (Å²) in [5.41, 5.74) is 0.649. The molecule has 0 radical (unpaired) electrons. The van der Waals surface area contributed by atoms with Gasteiger partial charge in [-0.25, -0.2) is 0 Å². The molecule has 0 heterocycles. The number of rotatable bonds is 4. The first-order chi connectivity index (χ1) is 7.50. The van der Waals surface area contributed by atoms with E-state index in [9.17, 15) is 4.79 Å². The van der Waals surface area contributed by atoms with Crippen LogP contribution in [0.2, 0.25) is 0 Å². The van der Waals surface area contributed by atoms with E-state index in [-0.39, 0.29) is 11.3 Å². The van der Waals surface area contributed by atoms with Crippen LogP contribution < -0.4 is 5.32 Å². The smallest absolute Gasteiger partial charge is 0.251 e. The van der Waals surface area contributed by atoms with E-state index >= 15 is 0 Å². The molecule has 1 unspecified atom stereocenters. The molecule has 0 fully saturated rings. The molecule has 1 rings (SSSR count). The monoisotopic (exact) mass is 303 g/mol. The van der Waals surface area contributed by atoms with Crippen LogP contribution >= 0.6 is 27.5 Å². The fourth-order valence-corrected chi connectivity index (χ4v) is 1.47. The second kappa shape index (κ2) is 6.26. The molecule has 0 spiro atoms. The second-order valence-electron chi connectivity index (χ2n) is 3.98. The van der Waals surface area contributed by atoms with Crippen molar-refractivity contribution in [3.8, 4) is 0 Å². The maximum Gasteiger partial charge on any atom is 0.251 e. The van der Waals surface area contributed by atoms with Gasteiger partial charge in [-0.15, -0.1) is 11.6 Å². The molecule has 2 nitrogen and oxygen atoms in total. The molecule has 1 amide bonds. The lowest BCUT2D eigenvalue weighted by Gasteiger charge is -2.14. The summed E-state index contributed by atoms with van der Waals surface area (Å²) in [5.74, 6) is 0.269. The van der Waals surface area contributed by atoms with Gasteiger partial charge < -0.3 is 5.32 Å². The second-order valence-corrected chi connectivity index (χ2v) is 5.45. The highest BCUT2D eigenvalue weighted by Crippen LogP contribution is 2.11. The normalized spacial score (nSPS) is 12.6. The van der Waals surface area contributed by atoms with Gasteiger partial charge in [-0.1, -0.05) is 29.8 Å². The minimum Gasteiger partial charge on any atom is -0.351 e. The number of benzene rings is 1. The van der Waals surface area contributed by atoms with Crippen LogP contribution in [0.15, 0.2) is 28.7 Å². The molecule has 16 heavy (non-hydrogen) atoms. The average Bonchev–Trinajstić information content (AvgIpc) is 2.26. The number of carbonyl (C=O) groups is 1. The predicted octanol–water partition coefficient (Wildman–Crippen LogP) is 3.44. The maximum atomic E-state index is 11.7. The zero-order valence-corrected chi connectivity index (χ0v) is 11.7. The van der Waals surface area contributed by atoms with Gasteiger partial charge in [0.2, 0.25) is 0 Å². The van der Waals surface area contributed by atoms with E-state index in [2.05, 4.69) is 21.2 Å². The van der Waals surface area contributed by atoms with E-state index in [0.717, 1.165) is 4.47 Å². The molecule has 0 aromatic heterocycles. The van der Waals surface area contributed by atoms with Gasteiger partial charge in [0.05, 0.1) is 5.38 Å². The lowest BCUT2D eigenvalue weighted by atomic mass is 10.1. The van der Waals surface area contributed by atoms with E-state index in [1.165, 1.54) is 0 Å². The summed E-state index contributed by atoms with van der Waals surface area (Å²) in [6.45, 7) is 4.56. The lowest BCUT2D eigenvalue weighted by molar-refractivity contribution is 0.0952. The highest BCUT2D eigenvalue weighted by Gasteiger charge is 2.11. The van der Waals surface area contributed by atoms with E-state index in [4.69, 9.17) is 11.6 Å². The van der Waals surface area contributed by atoms with Gasteiger partial charge in [0, 0.05) is 16.6 Å². The Bertz CT molecular complexity index is 351. The first-order valence-electron chi connectivity index (χ1n) is 5.18. The highest BCUT2D eigenvalue weighted by atomic mass is 79.9. The Morgan fingerprint density at radius 2 is 1.94 bits per heavy atom. The Hall–Kier alpha value is -0.540. The van der Waals surface area contributed by atoms with Crippen LogP contribution in [0, 0.1) is 5.92 Å². The number of carbonyl (C=O) groups excluding carboxylic acids is 1. The van der Waals surface area contributed by atoms with Crippen molar-refractivity contribution < 1.29 is 4.79 Å². The fraction of sp³-hybridized carbons (Fsp3) is 0.417. The third-order valence-corrected chi connectivity index (χ3v) is 3.47. The number of halogens is 2. The van der Waals surface area contributed by atoms with Crippen molar-refractivity contribution in [1.29, 1.82) is 0 Å². The molecule has 88 valence electrons. The Labute approximate surface area is 110 Å². The largest absolute Gasteiger partial charge is 0.351 e. The first-order valence-corrected chi connectivity index (χ1v) is 6.41. The summed E-state index contributed by atoms with van der Waals surface area (Å²) in [4.78, 5) is 11.7. The summed E-state index contributed by atoms with van der Waals surface area (Å²) < 4.78 is 0.960. The van der Waals surface area contributed by atoms with Crippen molar-refractivity contribution in [3.63, 3.8) is 0 Å². The van der Waals surface area contributed by atoms with Crippen molar-refractivity contribution >= 4 is 33.4 Å². The molecule has 0 saturated heterocycles. The number of alkyl halides is 1. The van der Waals surface area contributed by atoms with Crippen molar-refractivity contribution in [2.24, 2.45) is 5.92 Å². The molecular weight excluding hydrogens is 289 g/mol. The number of hydrogen-bond donors (Lipinski definition) is 1. The van der Waals surface area contributed by atoms with Crippen LogP contribution in [0.5, 0.6) is 0 Å². The Morgan fingerprint density at radius 3 is 2.44 bits per heavy atom. The summed E-state index contributed by atoms with van der Waals surface area (Å²) in [6.07, 6.45) is 0. The van der Waals surface area contributed by atoms with E-state index < -0.39 is 0 Å². The molecule has 1 N–H and O–H groups in total. The molecule has 0 aliphatic carbocycles. The minimum absolute atomic E-state index is 0.0283. The predicted molar refractivity (Wildman–Crippen MR) is 71.0 cm³/mol. The SMILES string of the molecule is CC(C)C(Cl)CNC(=O)c1ccc(Br)cc1. The van der Waals surface area contributed by atoms with Crippen LogP contribution in [0.1, 0.15) is 24.2 Å². The van der Waals surface area contributed by atoms with Crippen LogP contribution in [0.25, 0.3) is 0 Å². The molecule has 1 aromatic carbocycles. The van der Waals surface area contributed by atoms with Gasteiger partial charge in [0.25, 0.3) is 5.91 Å². The Kier molecular flexibility index (Phi) is 5.29. The topological polar surface area (TPSA) is 29.1 Å². The van der Waals surface area contributed by atoms with Crippen molar-refractivity contribution in [2.75, 3.05) is 6.54 Å². The highest BCUT2D eigenvalue weighted by molar-refractivity contribution is 9.10. The quantitative estimate of drug-likeness (QED) is 0.848. The Balaban J connectivity index is 2.50. The molecule has 4 heteroatoms. The molecule has 0 bridgehead atoms. The summed E-state index contributed by atoms with van der Waals surface area (Å²) in [5, 5.41) is 2.78. The lowest BCUT2D eigenvalue weighted by Crippen LogP contribution is -2.31. The van der Waals surface area contributed by atoms with Crippen molar-refractivity contribution in [1.82, 2.24) is 5.32 Å². The maximum absolute atomic E-state index is 11.7.